The number of benzene rings is 1. The predicted molar refractivity (Wildman–Crippen MR) is 52.4 cm³/mol. The first-order valence-electron chi connectivity index (χ1n) is 4.01. The quantitative estimate of drug-likeness (QED) is 0.795. The van der Waals surface area contributed by atoms with Crippen molar-refractivity contribution in [3.8, 4) is 0 Å². The van der Waals surface area contributed by atoms with Gasteiger partial charge in [0.25, 0.3) is 0 Å². The maximum atomic E-state index is 10.6. The lowest BCUT2D eigenvalue weighted by molar-refractivity contribution is -0.136. The summed E-state index contributed by atoms with van der Waals surface area (Å²) in [5, 5.41) is 16.6. The van der Waals surface area contributed by atoms with Crippen LogP contribution in [0.25, 0.3) is 10.9 Å². The van der Waals surface area contributed by atoms with Crippen molar-refractivity contribution in [2.45, 2.75) is 6.42 Å². The van der Waals surface area contributed by atoms with Crippen LogP contribution in [-0.2, 0) is 11.2 Å². The largest absolute Gasteiger partial charge is 0.481 e. The number of H-pyrrole nitrogens is 1. The van der Waals surface area contributed by atoms with E-state index in [1.54, 1.807) is 18.3 Å². The van der Waals surface area contributed by atoms with Crippen molar-refractivity contribution in [1.82, 2.24) is 10.2 Å². The number of carboxylic acid groups (broad SMARTS) is 1. The highest BCUT2D eigenvalue weighted by molar-refractivity contribution is 6.32. The Morgan fingerprint density at radius 2 is 2.36 bits per heavy atom. The van der Waals surface area contributed by atoms with Gasteiger partial charge in [-0.15, -0.1) is 0 Å². The number of halogens is 1. The van der Waals surface area contributed by atoms with Crippen molar-refractivity contribution >= 4 is 28.5 Å². The lowest BCUT2D eigenvalue weighted by Gasteiger charge is -2.01. The van der Waals surface area contributed by atoms with Gasteiger partial charge in [-0.05, 0) is 17.7 Å². The van der Waals surface area contributed by atoms with Crippen LogP contribution < -0.4 is 0 Å². The van der Waals surface area contributed by atoms with Crippen molar-refractivity contribution in [1.29, 1.82) is 0 Å². The van der Waals surface area contributed by atoms with Crippen LogP contribution in [0.15, 0.2) is 18.3 Å². The molecule has 14 heavy (non-hydrogen) atoms. The Labute approximate surface area is 84.5 Å². The van der Waals surface area contributed by atoms with Gasteiger partial charge in [-0.1, -0.05) is 11.6 Å². The third kappa shape index (κ3) is 1.44. The van der Waals surface area contributed by atoms with Crippen LogP contribution in [0.4, 0.5) is 0 Å². The number of rotatable bonds is 2. The highest BCUT2D eigenvalue weighted by Gasteiger charge is 2.10. The predicted octanol–water partition coefficient (Wildman–Crippen LogP) is 1.84. The van der Waals surface area contributed by atoms with Gasteiger partial charge < -0.3 is 5.11 Å². The Morgan fingerprint density at radius 1 is 1.57 bits per heavy atom. The van der Waals surface area contributed by atoms with Crippen molar-refractivity contribution < 1.29 is 9.90 Å². The van der Waals surface area contributed by atoms with Crippen molar-refractivity contribution in [2.24, 2.45) is 0 Å². The number of fused-ring (bicyclic) bond motifs is 1. The molecule has 0 aliphatic heterocycles. The topological polar surface area (TPSA) is 66.0 Å². The molecule has 0 fully saturated rings. The second kappa shape index (κ2) is 3.31. The van der Waals surface area contributed by atoms with Gasteiger partial charge in [0.2, 0.25) is 0 Å². The summed E-state index contributed by atoms with van der Waals surface area (Å²) in [6.45, 7) is 0. The summed E-state index contributed by atoms with van der Waals surface area (Å²) in [5.41, 5.74) is 1.33. The van der Waals surface area contributed by atoms with Crippen LogP contribution in [-0.4, -0.2) is 21.3 Å². The number of nitrogens with one attached hydrogen (secondary N) is 1. The number of hydrogen-bond donors (Lipinski definition) is 2. The van der Waals surface area contributed by atoms with Crippen LogP contribution in [0.3, 0.4) is 0 Å². The molecule has 0 aliphatic rings. The van der Waals surface area contributed by atoms with E-state index < -0.39 is 5.97 Å². The Morgan fingerprint density at radius 3 is 3.07 bits per heavy atom. The zero-order valence-electron chi connectivity index (χ0n) is 7.12. The van der Waals surface area contributed by atoms with Crippen LogP contribution in [0.1, 0.15) is 5.56 Å². The molecule has 0 saturated carbocycles. The molecular formula is C9H7ClN2O2. The molecule has 0 bridgehead atoms. The number of carbonyl (C=O) groups is 1. The van der Waals surface area contributed by atoms with E-state index in [0.717, 1.165) is 10.9 Å². The molecule has 72 valence electrons. The van der Waals surface area contributed by atoms with Crippen LogP contribution >= 0.6 is 11.6 Å². The van der Waals surface area contributed by atoms with Crippen LogP contribution in [0.2, 0.25) is 5.02 Å². The number of aromatic nitrogens is 2. The van der Waals surface area contributed by atoms with E-state index in [1.165, 1.54) is 0 Å². The zero-order chi connectivity index (χ0) is 10.1. The number of aromatic amines is 1. The summed E-state index contributed by atoms with van der Waals surface area (Å²) in [5.74, 6) is -0.902. The van der Waals surface area contributed by atoms with Gasteiger partial charge in [0, 0.05) is 16.6 Å². The molecule has 2 N–H and O–H groups in total. The summed E-state index contributed by atoms with van der Waals surface area (Å²) in [6, 6.07) is 3.41. The van der Waals surface area contributed by atoms with Crippen LogP contribution in [0, 0.1) is 0 Å². The third-order valence-electron chi connectivity index (χ3n) is 2.00. The standard InChI is InChI=1S/C9H7ClN2O2/c10-7-1-2-8-6(4-11-12-8)5(7)3-9(13)14/h1-2,4H,3H2,(H,11,12)(H,13,14). The van der Waals surface area contributed by atoms with Gasteiger partial charge in [0.1, 0.15) is 0 Å². The highest BCUT2D eigenvalue weighted by atomic mass is 35.5. The summed E-state index contributed by atoms with van der Waals surface area (Å²) >= 11 is 5.90. The Hall–Kier alpha value is -1.55. The fourth-order valence-electron chi connectivity index (χ4n) is 1.38. The van der Waals surface area contributed by atoms with E-state index >= 15 is 0 Å². The van der Waals surface area contributed by atoms with Gasteiger partial charge in [0.15, 0.2) is 0 Å². The molecule has 0 atom stereocenters. The SMILES string of the molecule is O=C(O)Cc1c(Cl)ccc2n[nH]cc12. The molecule has 1 heterocycles. The van der Waals surface area contributed by atoms with Crippen molar-refractivity contribution in [3.63, 3.8) is 0 Å². The number of aliphatic carboxylic acids is 1. The van der Waals surface area contributed by atoms with Crippen LogP contribution in [0.5, 0.6) is 0 Å². The number of carboxylic acids is 1. The van der Waals surface area contributed by atoms with Gasteiger partial charge >= 0.3 is 5.97 Å². The second-order valence-electron chi connectivity index (χ2n) is 2.91. The van der Waals surface area contributed by atoms with E-state index in [1.807, 2.05) is 0 Å². The molecule has 4 nitrogen and oxygen atoms in total. The monoisotopic (exact) mass is 210 g/mol. The van der Waals surface area contributed by atoms with Crippen molar-refractivity contribution in [2.75, 3.05) is 0 Å². The van der Waals surface area contributed by atoms with Crippen molar-refractivity contribution in [3.05, 3.63) is 28.9 Å². The first-order valence-corrected chi connectivity index (χ1v) is 4.39. The average Bonchev–Trinajstić information content (AvgIpc) is 2.57. The van der Waals surface area contributed by atoms with Gasteiger partial charge in [-0.2, -0.15) is 5.10 Å². The lowest BCUT2D eigenvalue weighted by Crippen LogP contribution is -2.01. The average molecular weight is 211 g/mol. The number of hydrogen-bond acceptors (Lipinski definition) is 2. The fourth-order valence-corrected chi connectivity index (χ4v) is 1.61. The molecule has 2 rings (SSSR count). The molecule has 0 unspecified atom stereocenters. The molecule has 2 aromatic rings. The lowest BCUT2D eigenvalue weighted by atomic mass is 10.1. The minimum absolute atomic E-state index is 0.0876. The van der Waals surface area contributed by atoms with Gasteiger partial charge in [-0.3, -0.25) is 9.89 Å². The molecule has 0 radical (unpaired) electrons. The van der Waals surface area contributed by atoms with E-state index in [-0.39, 0.29) is 6.42 Å². The Bertz CT molecular complexity index is 493. The smallest absolute Gasteiger partial charge is 0.307 e. The molecule has 0 amide bonds. The third-order valence-corrected chi connectivity index (χ3v) is 2.35. The maximum Gasteiger partial charge on any atom is 0.307 e. The first-order chi connectivity index (χ1) is 6.68. The second-order valence-corrected chi connectivity index (χ2v) is 3.32. The fraction of sp³-hybridized carbons (Fsp3) is 0.111. The molecule has 0 aliphatic carbocycles. The first kappa shape index (κ1) is 9.02. The summed E-state index contributed by atoms with van der Waals surface area (Å²) in [6.07, 6.45) is 1.56. The summed E-state index contributed by atoms with van der Waals surface area (Å²) < 4.78 is 0. The highest BCUT2D eigenvalue weighted by Crippen LogP contribution is 2.25. The number of nitrogens with zero attached hydrogens (tertiary/aromatic N) is 1. The summed E-state index contributed by atoms with van der Waals surface area (Å²) in [7, 11) is 0. The molecular weight excluding hydrogens is 204 g/mol. The van der Waals surface area contributed by atoms with E-state index in [9.17, 15) is 4.79 Å². The molecule has 1 aromatic heterocycles. The Balaban J connectivity index is 2.64. The van der Waals surface area contributed by atoms with Gasteiger partial charge in [-0.25, -0.2) is 0 Å². The maximum absolute atomic E-state index is 10.6. The van der Waals surface area contributed by atoms with E-state index in [4.69, 9.17) is 16.7 Å². The Kier molecular flexibility index (Phi) is 2.13. The summed E-state index contributed by atoms with van der Waals surface area (Å²) in [4.78, 5) is 10.6. The zero-order valence-corrected chi connectivity index (χ0v) is 7.88. The van der Waals surface area contributed by atoms with Gasteiger partial charge in [0.05, 0.1) is 11.9 Å². The molecule has 0 saturated heterocycles. The molecule has 1 aromatic carbocycles. The minimum Gasteiger partial charge on any atom is -0.481 e. The van der Waals surface area contributed by atoms with E-state index in [2.05, 4.69) is 10.2 Å². The van der Waals surface area contributed by atoms with E-state index in [0.29, 0.717) is 10.6 Å². The molecule has 5 heteroatoms. The minimum atomic E-state index is -0.902. The molecule has 0 spiro atoms. The normalized spacial score (nSPS) is 10.6.